The maximum absolute atomic E-state index is 12.6. The molecule has 0 radical (unpaired) electrons. The van der Waals surface area contributed by atoms with E-state index < -0.39 is 5.54 Å². The molecule has 1 unspecified atom stereocenters. The molecular weight excluding hydrogens is 242 g/mol. The Labute approximate surface area is 116 Å². The second-order valence-electron chi connectivity index (χ2n) is 5.76. The van der Waals surface area contributed by atoms with Crippen LogP contribution in [0.5, 0.6) is 0 Å². The Morgan fingerprint density at radius 3 is 2.53 bits per heavy atom. The van der Waals surface area contributed by atoms with E-state index in [1.165, 1.54) is 0 Å². The lowest BCUT2D eigenvalue weighted by molar-refractivity contribution is -0.142. The molecule has 1 rings (SSSR count). The first-order valence-corrected chi connectivity index (χ1v) is 7.23. The van der Waals surface area contributed by atoms with Crippen LogP contribution in [0, 0.1) is 0 Å². The van der Waals surface area contributed by atoms with Crippen LogP contribution < -0.4 is 10.6 Å². The highest BCUT2D eigenvalue weighted by Gasteiger charge is 2.37. The van der Waals surface area contributed by atoms with Crippen molar-refractivity contribution in [3.63, 3.8) is 0 Å². The fraction of sp³-hybridized carbons (Fsp3) is 0.857. The van der Waals surface area contributed by atoms with E-state index in [0.29, 0.717) is 6.54 Å². The van der Waals surface area contributed by atoms with E-state index >= 15 is 0 Å². The van der Waals surface area contributed by atoms with Crippen molar-refractivity contribution >= 4 is 11.8 Å². The van der Waals surface area contributed by atoms with Gasteiger partial charge in [0.2, 0.25) is 11.8 Å². The van der Waals surface area contributed by atoms with Crippen LogP contribution in [0.3, 0.4) is 0 Å². The van der Waals surface area contributed by atoms with Crippen LogP contribution >= 0.6 is 0 Å². The summed E-state index contributed by atoms with van der Waals surface area (Å²) in [7, 11) is 0. The molecule has 2 amide bonds. The number of nitrogens with zero attached hydrogens (tertiary/aromatic N) is 1. The molecule has 1 saturated heterocycles. The Hall–Kier alpha value is -1.10. The average Bonchev–Trinajstić information content (AvgIpc) is 2.35. The van der Waals surface area contributed by atoms with Gasteiger partial charge in [0.1, 0.15) is 0 Å². The fourth-order valence-electron chi connectivity index (χ4n) is 2.46. The van der Waals surface area contributed by atoms with Crippen LogP contribution in [0.25, 0.3) is 0 Å². The van der Waals surface area contributed by atoms with Gasteiger partial charge in [0, 0.05) is 12.6 Å². The zero-order valence-corrected chi connectivity index (χ0v) is 12.6. The molecule has 5 heteroatoms. The van der Waals surface area contributed by atoms with E-state index in [9.17, 15) is 9.59 Å². The number of nitrogens with one attached hydrogen (secondary N) is 2. The molecule has 0 aromatic rings. The van der Waals surface area contributed by atoms with Crippen LogP contribution in [0.1, 0.15) is 47.0 Å². The third-order valence-electron chi connectivity index (χ3n) is 3.54. The number of rotatable bonds is 5. The summed E-state index contributed by atoms with van der Waals surface area (Å²) in [5.41, 5.74) is -0.508. The normalized spacial score (nSPS) is 23.2. The smallest absolute Gasteiger partial charge is 0.243 e. The van der Waals surface area contributed by atoms with E-state index in [4.69, 9.17) is 0 Å². The van der Waals surface area contributed by atoms with Crippen molar-refractivity contribution < 1.29 is 9.59 Å². The molecular formula is C14H27N3O2. The van der Waals surface area contributed by atoms with Gasteiger partial charge in [-0.15, -0.1) is 0 Å². The Balaban J connectivity index is 2.63. The molecule has 0 saturated carbocycles. The van der Waals surface area contributed by atoms with Crippen molar-refractivity contribution in [3.05, 3.63) is 0 Å². The van der Waals surface area contributed by atoms with Gasteiger partial charge in [0.15, 0.2) is 0 Å². The summed E-state index contributed by atoms with van der Waals surface area (Å²) < 4.78 is 0. The molecule has 1 fully saturated rings. The highest BCUT2D eigenvalue weighted by atomic mass is 16.2. The maximum Gasteiger partial charge on any atom is 0.243 e. The van der Waals surface area contributed by atoms with Gasteiger partial charge in [-0.25, -0.2) is 0 Å². The lowest BCUT2D eigenvalue weighted by Crippen LogP contribution is -2.59. The number of amides is 2. The Bertz CT molecular complexity index is 323. The van der Waals surface area contributed by atoms with Gasteiger partial charge in [0.25, 0.3) is 0 Å². The number of carbonyl (C=O) groups excluding carboxylic acids is 2. The van der Waals surface area contributed by atoms with E-state index in [1.54, 1.807) is 4.90 Å². The molecule has 1 aliphatic heterocycles. The fourth-order valence-corrected chi connectivity index (χ4v) is 2.46. The standard InChI is InChI=1S/C14H27N3O2/c1-5-17(10-12(18)16-11(2)3)13(19)14(4)8-6-7-9-15-14/h11,15H,5-10H2,1-4H3,(H,16,18). The van der Waals surface area contributed by atoms with Crippen molar-refractivity contribution in [3.8, 4) is 0 Å². The van der Waals surface area contributed by atoms with Crippen LogP contribution in [-0.2, 0) is 9.59 Å². The van der Waals surface area contributed by atoms with E-state index in [1.807, 2.05) is 27.7 Å². The van der Waals surface area contributed by atoms with Crippen LogP contribution in [-0.4, -0.2) is 47.9 Å². The minimum absolute atomic E-state index is 0.0357. The first kappa shape index (κ1) is 16.0. The van der Waals surface area contributed by atoms with E-state index in [-0.39, 0.29) is 24.4 Å². The van der Waals surface area contributed by atoms with Crippen LogP contribution in [0.2, 0.25) is 0 Å². The molecule has 0 aliphatic carbocycles. The SMILES string of the molecule is CCN(CC(=O)NC(C)C)C(=O)C1(C)CCCCN1. The van der Waals surface area contributed by atoms with Gasteiger partial charge >= 0.3 is 0 Å². The molecule has 0 aromatic carbocycles. The van der Waals surface area contributed by atoms with Crippen molar-refractivity contribution in [1.29, 1.82) is 0 Å². The number of likely N-dealkylation sites (N-methyl/N-ethyl adjacent to an activating group) is 1. The van der Waals surface area contributed by atoms with E-state index in [0.717, 1.165) is 25.8 Å². The molecule has 110 valence electrons. The Kier molecular flexibility index (Phi) is 5.79. The van der Waals surface area contributed by atoms with Crippen molar-refractivity contribution in [1.82, 2.24) is 15.5 Å². The summed E-state index contributed by atoms with van der Waals surface area (Å²) in [6, 6.07) is 0.102. The third kappa shape index (κ3) is 4.49. The zero-order chi connectivity index (χ0) is 14.5. The largest absolute Gasteiger partial charge is 0.352 e. The molecule has 19 heavy (non-hydrogen) atoms. The molecule has 5 nitrogen and oxygen atoms in total. The lowest BCUT2D eigenvalue weighted by atomic mass is 9.89. The number of carbonyl (C=O) groups is 2. The van der Waals surface area contributed by atoms with Gasteiger partial charge in [-0.1, -0.05) is 0 Å². The molecule has 1 heterocycles. The van der Waals surface area contributed by atoms with Gasteiger partial charge in [-0.3, -0.25) is 9.59 Å². The van der Waals surface area contributed by atoms with Crippen molar-refractivity contribution in [2.24, 2.45) is 0 Å². The molecule has 0 bridgehead atoms. The average molecular weight is 269 g/mol. The Morgan fingerprint density at radius 2 is 2.05 bits per heavy atom. The highest BCUT2D eigenvalue weighted by Crippen LogP contribution is 2.21. The number of hydrogen-bond acceptors (Lipinski definition) is 3. The first-order valence-electron chi connectivity index (χ1n) is 7.23. The summed E-state index contributed by atoms with van der Waals surface area (Å²) >= 11 is 0. The quantitative estimate of drug-likeness (QED) is 0.779. The predicted octanol–water partition coefficient (Wildman–Crippen LogP) is 0.892. The predicted molar refractivity (Wildman–Crippen MR) is 75.8 cm³/mol. The third-order valence-corrected chi connectivity index (χ3v) is 3.54. The summed E-state index contributed by atoms with van der Waals surface area (Å²) in [4.78, 5) is 26.0. The molecule has 0 spiro atoms. The summed E-state index contributed by atoms with van der Waals surface area (Å²) in [5, 5.41) is 6.13. The van der Waals surface area contributed by atoms with Crippen LogP contribution in [0.15, 0.2) is 0 Å². The molecule has 1 aliphatic rings. The van der Waals surface area contributed by atoms with Crippen molar-refractivity contribution in [2.45, 2.75) is 58.5 Å². The van der Waals surface area contributed by atoms with Gasteiger partial charge < -0.3 is 15.5 Å². The first-order chi connectivity index (χ1) is 8.89. The van der Waals surface area contributed by atoms with E-state index in [2.05, 4.69) is 10.6 Å². The number of piperidine rings is 1. The lowest BCUT2D eigenvalue weighted by Gasteiger charge is -2.37. The van der Waals surface area contributed by atoms with Gasteiger partial charge in [-0.05, 0) is 53.5 Å². The topological polar surface area (TPSA) is 61.4 Å². The Morgan fingerprint density at radius 1 is 1.37 bits per heavy atom. The van der Waals surface area contributed by atoms with Crippen LogP contribution in [0.4, 0.5) is 0 Å². The minimum Gasteiger partial charge on any atom is -0.352 e. The number of hydrogen-bond donors (Lipinski definition) is 2. The van der Waals surface area contributed by atoms with Gasteiger partial charge in [0.05, 0.1) is 12.1 Å². The summed E-state index contributed by atoms with van der Waals surface area (Å²) in [5.74, 6) is -0.0572. The summed E-state index contributed by atoms with van der Waals surface area (Å²) in [6.45, 7) is 9.26. The zero-order valence-electron chi connectivity index (χ0n) is 12.6. The van der Waals surface area contributed by atoms with Crippen molar-refractivity contribution in [2.75, 3.05) is 19.6 Å². The second-order valence-corrected chi connectivity index (χ2v) is 5.76. The molecule has 1 atom stereocenters. The molecule has 0 aromatic heterocycles. The minimum atomic E-state index is -0.508. The maximum atomic E-state index is 12.6. The molecule has 2 N–H and O–H groups in total. The highest BCUT2D eigenvalue weighted by molar-refractivity contribution is 5.90. The van der Waals surface area contributed by atoms with Gasteiger partial charge in [-0.2, -0.15) is 0 Å². The summed E-state index contributed by atoms with van der Waals surface area (Å²) in [6.07, 6.45) is 3.02. The monoisotopic (exact) mass is 269 g/mol. The second kappa shape index (κ2) is 6.89.